The Morgan fingerprint density at radius 2 is 1.77 bits per heavy atom. The molecule has 0 bridgehead atoms. The molecule has 4 rings (SSSR count). The van der Waals surface area contributed by atoms with E-state index < -0.39 is 0 Å². The highest BCUT2D eigenvalue weighted by Gasteiger charge is 2.21. The predicted molar refractivity (Wildman–Crippen MR) is 114 cm³/mol. The van der Waals surface area contributed by atoms with Gasteiger partial charge in [0.05, 0.1) is 17.7 Å². The molecule has 1 saturated heterocycles. The molecule has 0 atom stereocenters. The van der Waals surface area contributed by atoms with Gasteiger partial charge in [0.1, 0.15) is 23.9 Å². The summed E-state index contributed by atoms with van der Waals surface area (Å²) in [7, 11) is 0. The maximum atomic E-state index is 12.3. The molecule has 160 valence electrons. The molecule has 3 aromatic rings. The number of anilines is 1. The lowest BCUT2D eigenvalue weighted by molar-refractivity contribution is -0.133. The minimum atomic E-state index is -0.352. The number of aromatic nitrogens is 1. The Hall–Kier alpha value is -3.61. The third kappa shape index (κ3) is 4.94. The van der Waals surface area contributed by atoms with Crippen LogP contribution in [0.2, 0.25) is 0 Å². The van der Waals surface area contributed by atoms with Crippen molar-refractivity contribution in [3.05, 3.63) is 71.1 Å². The van der Waals surface area contributed by atoms with Gasteiger partial charge in [-0.25, -0.2) is 0 Å². The number of nitrogens with zero attached hydrogens (tertiary/aromatic N) is 2. The molecule has 0 spiro atoms. The van der Waals surface area contributed by atoms with Gasteiger partial charge in [0.15, 0.2) is 0 Å². The van der Waals surface area contributed by atoms with Gasteiger partial charge in [-0.05, 0) is 62.2 Å². The first kappa shape index (κ1) is 20.7. The quantitative estimate of drug-likeness (QED) is 0.422. The zero-order valence-electron chi connectivity index (χ0n) is 17.6. The van der Waals surface area contributed by atoms with Crippen LogP contribution in [0.15, 0.2) is 53.1 Å². The van der Waals surface area contributed by atoms with Crippen molar-refractivity contribution in [2.75, 3.05) is 11.4 Å². The maximum Gasteiger partial charge on any atom is 0.315 e. The van der Waals surface area contributed by atoms with E-state index in [0.29, 0.717) is 24.5 Å². The summed E-state index contributed by atoms with van der Waals surface area (Å²) in [4.78, 5) is 25.9. The molecule has 1 aliphatic rings. The Kier molecular flexibility index (Phi) is 6.02. The van der Waals surface area contributed by atoms with Crippen LogP contribution >= 0.6 is 0 Å². The topological polar surface area (TPSA) is 81.9 Å². The van der Waals surface area contributed by atoms with Gasteiger partial charge in [0.2, 0.25) is 5.91 Å². The zero-order chi connectivity index (χ0) is 21.8. The van der Waals surface area contributed by atoms with Crippen molar-refractivity contribution in [2.45, 2.75) is 39.7 Å². The molecule has 0 aliphatic carbocycles. The highest BCUT2D eigenvalue weighted by molar-refractivity contribution is 5.95. The number of carbonyl (C=O) groups is 2. The van der Waals surface area contributed by atoms with Crippen LogP contribution in [-0.4, -0.2) is 23.6 Å². The molecule has 1 aliphatic heterocycles. The standard InChI is InChI=1S/C24H24N2O5/c1-16-22(17(2)31-25-16)15-29-20-9-5-18(6-10-20)14-24(28)30-21-11-7-19(8-12-21)26-13-3-4-23(26)27/h5-12H,3-4,13-15H2,1-2H3. The molecular weight excluding hydrogens is 396 g/mol. The summed E-state index contributed by atoms with van der Waals surface area (Å²) < 4.78 is 16.3. The Morgan fingerprint density at radius 3 is 2.39 bits per heavy atom. The zero-order valence-corrected chi connectivity index (χ0v) is 17.6. The normalized spacial score (nSPS) is 13.5. The van der Waals surface area contributed by atoms with Gasteiger partial charge in [0, 0.05) is 18.7 Å². The van der Waals surface area contributed by atoms with Crippen LogP contribution < -0.4 is 14.4 Å². The lowest BCUT2D eigenvalue weighted by Crippen LogP contribution is -2.23. The number of rotatable bonds is 7. The molecule has 1 aromatic heterocycles. The van der Waals surface area contributed by atoms with Gasteiger partial charge < -0.3 is 18.9 Å². The van der Waals surface area contributed by atoms with E-state index in [0.717, 1.165) is 41.2 Å². The van der Waals surface area contributed by atoms with E-state index in [4.69, 9.17) is 14.0 Å². The fourth-order valence-electron chi connectivity index (χ4n) is 3.52. The van der Waals surface area contributed by atoms with Gasteiger partial charge in [-0.3, -0.25) is 9.59 Å². The van der Waals surface area contributed by atoms with E-state index in [1.807, 2.05) is 38.1 Å². The van der Waals surface area contributed by atoms with Crippen molar-refractivity contribution < 1.29 is 23.6 Å². The van der Waals surface area contributed by atoms with Crippen molar-refractivity contribution >= 4 is 17.6 Å². The van der Waals surface area contributed by atoms with Crippen LogP contribution in [0.1, 0.15) is 35.4 Å². The molecule has 1 amide bonds. The summed E-state index contributed by atoms with van der Waals surface area (Å²) in [6.07, 6.45) is 1.61. The molecule has 0 unspecified atom stereocenters. The van der Waals surface area contributed by atoms with E-state index in [1.54, 1.807) is 29.2 Å². The Labute approximate surface area is 180 Å². The minimum Gasteiger partial charge on any atom is -0.489 e. The van der Waals surface area contributed by atoms with E-state index in [9.17, 15) is 9.59 Å². The molecule has 7 nitrogen and oxygen atoms in total. The van der Waals surface area contributed by atoms with Gasteiger partial charge >= 0.3 is 5.97 Å². The summed E-state index contributed by atoms with van der Waals surface area (Å²) in [5.74, 6) is 1.68. The van der Waals surface area contributed by atoms with Gasteiger partial charge in [-0.1, -0.05) is 17.3 Å². The average Bonchev–Trinajstić information content (AvgIpc) is 3.33. The van der Waals surface area contributed by atoms with Crippen LogP contribution in [0.25, 0.3) is 0 Å². The number of hydrogen-bond acceptors (Lipinski definition) is 6. The largest absolute Gasteiger partial charge is 0.489 e. The fraction of sp³-hybridized carbons (Fsp3) is 0.292. The fourth-order valence-corrected chi connectivity index (χ4v) is 3.52. The summed E-state index contributed by atoms with van der Waals surface area (Å²) in [6.45, 7) is 4.84. The van der Waals surface area contributed by atoms with Crippen LogP contribution in [0.5, 0.6) is 11.5 Å². The van der Waals surface area contributed by atoms with E-state index >= 15 is 0 Å². The molecule has 1 fully saturated rings. The number of ether oxygens (including phenoxy) is 2. The lowest BCUT2D eigenvalue weighted by atomic mass is 10.1. The second-order valence-electron chi connectivity index (χ2n) is 7.53. The average molecular weight is 420 g/mol. The van der Waals surface area contributed by atoms with E-state index in [-0.39, 0.29) is 18.3 Å². The number of hydrogen-bond donors (Lipinski definition) is 0. The molecule has 2 aromatic carbocycles. The van der Waals surface area contributed by atoms with Gasteiger partial charge in [-0.15, -0.1) is 0 Å². The second-order valence-corrected chi connectivity index (χ2v) is 7.53. The smallest absolute Gasteiger partial charge is 0.315 e. The predicted octanol–water partition coefficient (Wildman–Crippen LogP) is 4.15. The summed E-state index contributed by atoms with van der Waals surface area (Å²) in [5, 5.41) is 3.91. The van der Waals surface area contributed by atoms with E-state index in [1.165, 1.54) is 0 Å². The van der Waals surface area contributed by atoms with Crippen molar-refractivity contribution in [1.29, 1.82) is 0 Å². The highest BCUT2D eigenvalue weighted by Crippen LogP contribution is 2.24. The summed E-state index contributed by atoms with van der Waals surface area (Å²) >= 11 is 0. The van der Waals surface area contributed by atoms with Crippen molar-refractivity contribution in [2.24, 2.45) is 0 Å². The number of esters is 1. The van der Waals surface area contributed by atoms with Crippen LogP contribution in [-0.2, 0) is 22.6 Å². The highest BCUT2D eigenvalue weighted by atomic mass is 16.5. The number of aryl methyl sites for hydroxylation is 2. The maximum absolute atomic E-state index is 12.3. The second kappa shape index (κ2) is 9.04. The molecule has 7 heteroatoms. The first-order chi connectivity index (χ1) is 15.0. The van der Waals surface area contributed by atoms with E-state index in [2.05, 4.69) is 5.16 Å². The number of carbonyl (C=O) groups excluding carboxylic acids is 2. The third-order valence-electron chi connectivity index (χ3n) is 5.29. The molecular formula is C24H24N2O5. The van der Waals surface area contributed by atoms with Crippen LogP contribution in [0, 0.1) is 13.8 Å². The molecule has 0 N–H and O–H groups in total. The molecule has 31 heavy (non-hydrogen) atoms. The number of benzene rings is 2. The third-order valence-corrected chi connectivity index (χ3v) is 5.29. The van der Waals surface area contributed by atoms with Crippen molar-refractivity contribution in [1.82, 2.24) is 5.16 Å². The van der Waals surface area contributed by atoms with Crippen molar-refractivity contribution in [3.63, 3.8) is 0 Å². The molecule has 0 saturated carbocycles. The van der Waals surface area contributed by atoms with Gasteiger partial charge in [0.25, 0.3) is 0 Å². The number of amides is 1. The SMILES string of the molecule is Cc1noc(C)c1COc1ccc(CC(=O)Oc2ccc(N3CCCC3=O)cc2)cc1. The lowest BCUT2D eigenvalue weighted by Gasteiger charge is -2.15. The first-order valence-electron chi connectivity index (χ1n) is 10.2. The van der Waals surface area contributed by atoms with Crippen molar-refractivity contribution in [3.8, 4) is 11.5 Å². The monoisotopic (exact) mass is 420 g/mol. The summed E-state index contributed by atoms with van der Waals surface area (Å²) in [6, 6.07) is 14.4. The molecule has 0 radical (unpaired) electrons. The Morgan fingerprint density at radius 1 is 1.06 bits per heavy atom. The first-order valence-corrected chi connectivity index (χ1v) is 10.2. The van der Waals surface area contributed by atoms with Crippen LogP contribution in [0.4, 0.5) is 5.69 Å². The summed E-state index contributed by atoms with van der Waals surface area (Å²) in [5.41, 5.74) is 3.41. The van der Waals surface area contributed by atoms with Gasteiger partial charge in [-0.2, -0.15) is 0 Å². The molecule has 2 heterocycles. The Balaban J connectivity index is 1.29. The Bertz CT molecular complexity index is 1050. The van der Waals surface area contributed by atoms with Crippen LogP contribution in [0.3, 0.4) is 0 Å². The minimum absolute atomic E-state index is 0.129.